The number of hydrogen-bond donors (Lipinski definition) is 1. The molecule has 0 fully saturated rings. The van der Waals surface area contributed by atoms with E-state index in [1.54, 1.807) is 0 Å². The van der Waals surface area contributed by atoms with Gasteiger partial charge in [0.05, 0.1) is 22.8 Å². The molecule has 0 radical (unpaired) electrons. The van der Waals surface area contributed by atoms with Crippen LogP contribution in [-0.2, 0) is 5.41 Å². The van der Waals surface area contributed by atoms with Crippen LogP contribution in [0, 0.1) is 11.3 Å². The third kappa shape index (κ3) is 4.23. The molecule has 6 aromatic carbocycles. The Balaban J connectivity index is 1.39. The van der Waals surface area contributed by atoms with Crippen LogP contribution in [0.4, 0.5) is 0 Å². The molecule has 0 saturated carbocycles. The topological polar surface area (TPSA) is 48.2 Å². The fourth-order valence-electron chi connectivity index (χ4n) is 7.11. The number of nitrogens with zero attached hydrogens (tertiary/aromatic N) is 2. The highest BCUT2D eigenvalue weighted by atomic mass is 15.1. The van der Waals surface area contributed by atoms with Crippen molar-refractivity contribution in [3.63, 3.8) is 0 Å². The van der Waals surface area contributed by atoms with Crippen LogP contribution in [0.1, 0.15) is 45.0 Å². The minimum atomic E-state index is -0.526. The van der Waals surface area contributed by atoms with Crippen molar-refractivity contribution in [1.29, 1.82) is 5.26 Å². The summed E-state index contributed by atoms with van der Waals surface area (Å²) in [5.41, 5.74) is 11.1. The third-order valence-electron chi connectivity index (χ3n) is 9.07. The van der Waals surface area contributed by atoms with Gasteiger partial charge in [-0.2, -0.15) is 5.26 Å². The number of aliphatic imine (C=N–C) groups is 1. The van der Waals surface area contributed by atoms with E-state index in [-0.39, 0.29) is 0 Å². The summed E-state index contributed by atoms with van der Waals surface area (Å²) < 4.78 is 0. The Morgan fingerprint density at radius 3 is 1.76 bits per heavy atom. The van der Waals surface area contributed by atoms with Gasteiger partial charge in [-0.1, -0.05) is 158 Å². The summed E-state index contributed by atoms with van der Waals surface area (Å²) in [5, 5.41) is 14.3. The van der Waals surface area contributed by atoms with Crippen molar-refractivity contribution in [3.8, 4) is 17.2 Å². The average molecular weight is 576 g/mol. The molecule has 1 aliphatic heterocycles. The van der Waals surface area contributed by atoms with Gasteiger partial charge in [-0.25, -0.2) is 0 Å². The highest BCUT2D eigenvalue weighted by Crippen LogP contribution is 2.56. The highest BCUT2D eigenvalue weighted by Gasteiger charge is 2.46. The smallest absolute Gasteiger partial charge is 0.133 e. The maximum absolute atomic E-state index is 10.7. The third-order valence-corrected chi connectivity index (χ3v) is 9.07. The molecule has 0 aromatic heterocycles. The maximum Gasteiger partial charge on any atom is 0.133 e. The van der Waals surface area contributed by atoms with Crippen molar-refractivity contribution in [1.82, 2.24) is 5.32 Å². The van der Waals surface area contributed by atoms with E-state index in [0.29, 0.717) is 5.57 Å². The number of benzene rings is 6. The molecule has 0 saturated heterocycles. The van der Waals surface area contributed by atoms with Crippen LogP contribution in [-0.4, -0.2) is 5.84 Å². The molecule has 0 amide bonds. The second kappa shape index (κ2) is 10.9. The molecule has 3 nitrogen and oxygen atoms in total. The van der Waals surface area contributed by atoms with Gasteiger partial charge in [0.25, 0.3) is 0 Å². The van der Waals surface area contributed by atoms with Crippen LogP contribution in [0.15, 0.2) is 174 Å². The molecule has 0 bridgehead atoms. The minimum Gasteiger partial charge on any atom is -0.339 e. The normalized spacial score (nSPS) is 16.2. The van der Waals surface area contributed by atoms with Crippen molar-refractivity contribution < 1.29 is 0 Å². The predicted octanol–water partition coefficient (Wildman–Crippen LogP) is 9.08. The summed E-state index contributed by atoms with van der Waals surface area (Å²) in [7, 11) is 0. The van der Waals surface area contributed by atoms with E-state index in [2.05, 4.69) is 127 Å². The van der Waals surface area contributed by atoms with E-state index in [4.69, 9.17) is 4.99 Å². The van der Waals surface area contributed by atoms with Crippen molar-refractivity contribution in [2.45, 2.75) is 11.5 Å². The first-order valence-corrected chi connectivity index (χ1v) is 15.2. The number of nitriles is 1. The Morgan fingerprint density at radius 2 is 1.11 bits per heavy atom. The first-order valence-electron chi connectivity index (χ1n) is 15.2. The van der Waals surface area contributed by atoms with Crippen molar-refractivity contribution in [2.75, 3.05) is 0 Å². The van der Waals surface area contributed by atoms with Gasteiger partial charge < -0.3 is 5.32 Å². The quantitative estimate of drug-likeness (QED) is 0.223. The molecular formula is C42H29N3. The molecule has 1 atom stereocenters. The Hall–Kier alpha value is -5.98. The summed E-state index contributed by atoms with van der Waals surface area (Å²) >= 11 is 0. The lowest BCUT2D eigenvalue weighted by Gasteiger charge is -2.34. The second-order valence-corrected chi connectivity index (χ2v) is 11.5. The first-order chi connectivity index (χ1) is 22.3. The molecule has 1 aliphatic carbocycles. The van der Waals surface area contributed by atoms with Crippen molar-refractivity contribution in [3.05, 3.63) is 208 Å². The van der Waals surface area contributed by atoms with Gasteiger partial charge >= 0.3 is 0 Å². The monoisotopic (exact) mass is 575 g/mol. The first kappa shape index (κ1) is 26.6. The molecule has 8 rings (SSSR count). The Labute approximate surface area is 263 Å². The number of amidine groups is 1. The summed E-state index contributed by atoms with van der Waals surface area (Å²) in [6.45, 7) is 0. The molecule has 1 N–H and O–H groups in total. The summed E-state index contributed by atoms with van der Waals surface area (Å²) in [6, 6.07) is 59.3. The van der Waals surface area contributed by atoms with Gasteiger partial charge in [0, 0.05) is 5.56 Å². The standard InChI is InChI=1S/C42H29N3/c43-28-36-39(29-15-5-1-6-16-29)44-41(30-17-7-2-8-18-30)45-40(36)31-25-26-35-34-23-13-14-24-37(34)42(38(35)27-31,32-19-9-3-10-20-32)33-21-11-4-12-22-33/h1-27,39H,(H,44,45). The molecule has 2 aliphatic rings. The number of hydrogen-bond acceptors (Lipinski definition) is 3. The molecule has 3 heteroatoms. The summed E-state index contributed by atoms with van der Waals surface area (Å²) in [4.78, 5) is 5.10. The molecule has 45 heavy (non-hydrogen) atoms. The van der Waals surface area contributed by atoms with E-state index in [1.807, 2.05) is 48.5 Å². The summed E-state index contributed by atoms with van der Waals surface area (Å²) in [5.74, 6) is 0.750. The zero-order chi connectivity index (χ0) is 30.2. The predicted molar refractivity (Wildman–Crippen MR) is 182 cm³/mol. The van der Waals surface area contributed by atoms with Crippen LogP contribution in [0.2, 0.25) is 0 Å². The van der Waals surface area contributed by atoms with Crippen LogP contribution >= 0.6 is 0 Å². The van der Waals surface area contributed by atoms with Gasteiger partial charge in [-0.15, -0.1) is 0 Å². The lowest BCUT2D eigenvalue weighted by molar-refractivity contribution is 0.767. The SMILES string of the molecule is N#CC1=C(c2ccc3c(c2)C(c2ccccc2)(c2ccccc2)c2ccccc2-3)NC(c2ccccc2)=NC1c1ccccc1. The van der Waals surface area contributed by atoms with Crippen molar-refractivity contribution in [2.24, 2.45) is 4.99 Å². The zero-order valence-corrected chi connectivity index (χ0v) is 24.6. The van der Waals surface area contributed by atoms with Gasteiger partial charge in [0.2, 0.25) is 0 Å². The average Bonchev–Trinajstić information content (AvgIpc) is 3.43. The zero-order valence-electron chi connectivity index (χ0n) is 24.6. The molecule has 1 heterocycles. The van der Waals surface area contributed by atoms with Crippen molar-refractivity contribution >= 4 is 11.5 Å². The highest BCUT2D eigenvalue weighted by molar-refractivity contribution is 6.06. The lowest BCUT2D eigenvalue weighted by Crippen LogP contribution is -2.31. The Morgan fingerprint density at radius 1 is 0.556 bits per heavy atom. The van der Waals surface area contributed by atoms with E-state index >= 15 is 0 Å². The van der Waals surface area contributed by atoms with E-state index < -0.39 is 11.5 Å². The van der Waals surface area contributed by atoms with Crippen LogP contribution in [0.3, 0.4) is 0 Å². The van der Waals surface area contributed by atoms with E-state index in [1.165, 1.54) is 33.4 Å². The van der Waals surface area contributed by atoms with Crippen LogP contribution in [0.5, 0.6) is 0 Å². The van der Waals surface area contributed by atoms with Gasteiger partial charge in [0.1, 0.15) is 11.9 Å². The number of nitrogens with one attached hydrogen (secondary N) is 1. The second-order valence-electron chi connectivity index (χ2n) is 11.5. The van der Waals surface area contributed by atoms with Crippen LogP contribution < -0.4 is 5.32 Å². The Kier molecular flexibility index (Phi) is 6.47. The lowest BCUT2D eigenvalue weighted by atomic mass is 9.67. The largest absolute Gasteiger partial charge is 0.339 e. The summed E-state index contributed by atoms with van der Waals surface area (Å²) in [6.07, 6.45) is 0. The maximum atomic E-state index is 10.7. The fourth-order valence-corrected chi connectivity index (χ4v) is 7.11. The van der Waals surface area contributed by atoms with Gasteiger partial charge in [-0.3, -0.25) is 4.99 Å². The van der Waals surface area contributed by atoms with E-state index in [0.717, 1.165) is 28.2 Å². The minimum absolute atomic E-state index is 0.430. The number of rotatable bonds is 5. The van der Waals surface area contributed by atoms with E-state index in [9.17, 15) is 5.26 Å². The molecular weight excluding hydrogens is 546 g/mol. The fraction of sp³-hybridized carbons (Fsp3) is 0.0476. The number of fused-ring (bicyclic) bond motifs is 3. The van der Waals surface area contributed by atoms with Gasteiger partial charge in [0.15, 0.2) is 0 Å². The Bertz CT molecular complexity index is 2080. The molecule has 6 aromatic rings. The van der Waals surface area contributed by atoms with Crippen LogP contribution in [0.25, 0.3) is 16.8 Å². The molecule has 0 spiro atoms. The molecule has 1 unspecified atom stereocenters. The van der Waals surface area contributed by atoms with Gasteiger partial charge in [-0.05, 0) is 50.6 Å². The molecule has 212 valence electrons.